The van der Waals surface area contributed by atoms with Crippen LogP contribution in [0.25, 0.3) is 0 Å². The molecule has 0 bridgehead atoms. The SMILES string of the molecule is CNc1cc(C(=O)Nc2ccc(F)cc2C)cc(Cl)n1. The van der Waals surface area contributed by atoms with E-state index in [1.54, 1.807) is 20.0 Å². The molecule has 0 atom stereocenters. The molecule has 0 saturated carbocycles. The maximum atomic E-state index is 13.0. The summed E-state index contributed by atoms with van der Waals surface area (Å²) >= 11 is 5.85. The Morgan fingerprint density at radius 1 is 1.30 bits per heavy atom. The fraction of sp³-hybridized carbons (Fsp3) is 0.143. The average Bonchev–Trinajstić information content (AvgIpc) is 2.41. The first-order chi connectivity index (χ1) is 9.49. The number of hydrogen-bond donors (Lipinski definition) is 2. The Bertz CT molecular complexity index is 661. The molecule has 6 heteroatoms. The van der Waals surface area contributed by atoms with Gasteiger partial charge in [-0.15, -0.1) is 0 Å². The molecule has 0 saturated heterocycles. The highest BCUT2D eigenvalue weighted by molar-refractivity contribution is 6.30. The van der Waals surface area contributed by atoms with Gasteiger partial charge in [0.2, 0.25) is 0 Å². The number of anilines is 2. The quantitative estimate of drug-likeness (QED) is 0.852. The van der Waals surface area contributed by atoms with Crippen molar-refractivity contribution in [2.75, 3.05) is 17.7 Å². The van der Waals surface area contributed by atoms with Crippen molar-refractivity contribution in [1.82, 2.24) is 4.98 Å². The molecule has 0 fully saturated rings. The molecule has 2 aromatic rings. The molecule has 104 valence electrons. The summed E-state index contributed by atoms with van der Waals surface area (Å²) in [5, 5.41) is 5.75. The van der Waals surface area contributed by atoms with E-state index in [0.717, 1.165) is 0 Å². The van der Waals surface area contributed by atoms with Gasteiger partial charge < -0.3 is 10.6 Å². The molecule has 1 heterocycles. The van der Waals surface area contributed by atoms with Gasteiger partial charge in [-0.2, -0.15) is 0 Å². The van der Waals surface area contributed by atoms with E-state index >= 15 is 0 Å². The monoisotopic (exact) mass is 293 g/mol. The van der Waals surface area contributed by atoms with Crippen molar-refractivity contribution in [1.29, 1.82) is 0 Å². The lowest BCUT2D eigenvalue weighted by atomic mass is 10.1. The summed E-state index contributed by atoms with van der Waals surface area (Å²) in [6.45, 7) is 1.72. The molecule has 0 aliphatic rings. The molecule has 2 N–H and O–H groups in total. The Morgan fingerprint density at radius 2 is 2.05 bits per heavy atom. The topological polar surface area (TPSA) is 54.0 Å². The molecule has 1 amide bonds. The summed E-state index contributed by atoms with van der Waals surface area (Å²) in [4.78, 5) is 16.1. The van der Waals surface area contributed by atoms with Gasteiger partial charge >= 0.3 is 0 Å². The number of nitrogens with zero attached hydrogens (tertiary/aromatic N) is 1. The lowest BCUT2D eigenvalue weighted by Gasteiger charge is -2.09. The van der Waals surface area contributed by atoms with Crippen LogP contribution in [0.4, 0.5) is 15.9 Å². The van der Waals surface area contributed by atoms with Crippen LogP contribution in [-0.2, 0) is 0 Å². The highest BCUT2D eigenvalue weighted by Crippen LogP contribution is 2.19. The fourth-order valence-electron chi connectivity index (χ4n) is 1.72. The minimum Gasteiger partial charge on any atom is -0.373 e. The molecular weight excluding hydrogens is 281 g/mol. The van der Waals surface area contributed by atoms with Crippen molar-refractivity contribution in [3.8, 4) is 0 Å². The number of benzene rings is 1. The zero-order valence-electron chi connectivity index (χ0n) is 11.0. The lowest BCUT2D eigenvalue weighted by Crippen LogP contribution is -2.13. The lowest BCUT2D eigenvalue weighted by molar-refractivity contribution is 0.102. The molecule has 0 unspecified atom stereocenters. The molecule has 0 aliphatic heterocycles. The van der Waals surface area contributed by atoms with E-state index < -0.39 is 0 Å². The van der Waals surface area contributed by atoms with Crippen LogP contribution in [0.3, 0.4) is 0 Å². The second kappa shape index (κ2) is 5.88. The smallest absolute Gasteiger partial charge is 0.255 e. The predicted octanol–water partition coefficient (Wildman–Crippen LogP) is 3.48. The van der Waals surface area contributed by atoms with Crippen molar-refractivity contribution < 1.29 is 9.18 Å². The highest BCUT2D eigenvalue weighted by atomic mass is 35.5. The summed E-state index contributed by atoms with van der Waals surface area (Å²) in [6, 6.07) is 7.22. The summed E-state index contributed by atoms with van der Waals surface area (Å²) in [6.07, 6.45) is 0. The Hall–Kier alpha value is -2.14. The Kier molecular flexibility index (Phi) is 4.20. The molecule has 1 aromatic heterocycles. The third-order valence-corrected chi connectivity index (χ3v) is 2.94. The molecule has 20 heavy (non-hydrogen) atoms. The standard InChI is InChI=1S/C14H13ClFN3O/c1-8-5-10(16)3-4-11(8)18-14(20)9-6-12(15)19-13(7-9)17-2/h3-7H,1-2H3,(H,17,19)(H,18,20). The summed E-state index contributed by atoms with van der Waals surface area (Å²) < 4.78 is 13.0. The first-order valence-corrected chi connectivity index (χ1v) is 6.30. The number of carbonyl (C=O) groups is 1. The van der Waals surface area contributed by atoms with Crippen molar-refractivity contribution in [2.45, 2.75) is 6.92 Å². The third-order valence-electron chi connectivity index (χ3n) is 2.75. The number of pyridine rings is 1. The van der Waals surface area contributed by atoms with Crippen LogP contribution < -0.4 is 10.6 Å². The van der Waals surface area contributed by atoms with Gasteiger partial charge in [0.25, 0.3) is 5.91 Å². The van der Waals surface area contributed by atoms with Crippen LogP contribution >= 0.6 is 11.6 Å². The highest BCUT2D eigenvalue weighted by Gasteiger charge is 2.11. The molecule has 4 nitrogen and oxygen atoms in total. The van der Waals surface area contributed by atoms with Gasteiger partial charge in [0.05, 0.1) is 0 Å². The zero-order chi connectivity index (χ0) is 14.7. The van der Waals surface area contributed by atoms with E-state index in [1.165, 1.54) is 24.3 Å². The average molecular weight is 294 g/mol. The second-order valence-corrected chi connectivity index (χ2v) is 4.61. The number of aromatic nitrogens is 1. The van der Waals surface area contributed by atoms with Gasteiger partial charge in [-0.3, -0.25) is 4.79 Å². The summed E-state index contributed by atoms with van der Waals surface area (Å²) in [7, 11) is 1.68. The molecule has 0 radical (unpaired) electrons. The van der Waals surface area contributed by atoms with E-state index in [-0.39, 0.29) is 16.9 Å². The number of carbonyl (C=O) groups excluding carboxylic acids is 1. The normalized spacial score (nSPS) is 10.2. The van der Waals surface area contributed by atoms with E-state index in [2.05, 4.69) is 15.6 Å². The van der Waals surface area contributed by atoms with E-state index in [0.29, 0.717) is 22.6 Å². The Balaban J connectivity index is 2.26. The first kappa shape index (κ1) is 14.3. The third kappa shape index (κ3) is 3.24. The van der Waals surface area contributed by atoms with Gasteiger partial charge in [-0.1, -0.05) is 11.6 Å². The summed E-state index contributed by atoms with van der Waals surface area (Å²) in [5.41, 5.74) is 1.57. The van der Waals surface area contributed by atoms with Crippen molar-refractivity contribution >= 4 is 29.0 Å². The number of halogens is 2. The van der Waals surface area contributed by atoms with Crippen LogP contribution in [0, 0.1) is 12.7 Å². The first-order valence-electron chi connectivity index (χ1n) is 5.92. The Labute approximate surface area is 121 Å². The van der Waals surface area contributed by atoms with Crippen LogP contribution in [0.15, 0.2) is 30.3 Å². The van der Waals surface area contributed by atoms with Crippen LogP contribution in [-0.4, -0.2) is 17.9 Å². The Morgan fingerprint density at radius 3 is 2.70 bits per heavy atom. The largest absolute Gasteiger partial charge is 0.373 e. The minimum absolute atomic E-state index is 0.220. The van der Waals surface area contributed by atoms with Crippen molar-refractivity contribution in [3.63, 3.8) is 0 Å². The summed E-state index contributed by atoms with van der Waals surface area (Å²) in [5.74, 6) is -0.177. The maximum Gasteiger partial charge on any atom is 0.255 e. The molecule has 0 aliphatic carbocycles. The number of amides is 1. The number of rotatable bonds is 3. The van der Waals surface area contributed by atoms with Gasteiger partial charge in [-0.05, 0) is 42.8 Å². The van der Waals surface area contributed by atoms with Crippen LogP contribution in [0.2, 0.25) is 5.15 Å². The van der Waals surface area contributed by atoms with Crippen LogP contribution in [0.5, 0.6) is 0 Å². The second-order valence-electron chi connectivity index (χ2n) is 4.23. The van der Waals surface area contributed by atoms with Gasteiger partial charge in [-0.25, -0.2) is 9.37 Å². The van der Waals surface area contributed by atoms with E-state index in [4.69, 9.17) is 11.6 Å². The van der Waals surface area contributed by atoms with Crippen molar-refractivity contribution in [3.05, 3.63) is 52.4 Å². The van der Waals surface area contributed by atoms with Gasteiger partial charge in [0.1, 0.15) is 16.8 Å². The minimum atomic E-state index is -0.343. The van der Waals surface area contributed by atoms with E-state index in [9.17, 15) is 9.18 Å². The van der Waals surface area contributed by atoms with E-state index in [1.807, 2.05) is 0 Å². The van der Waals surface area contributed by atoms with Crippen LogP contribution in [0.1, 0.15) is 15.9 Å². The molecule has 1 aromatic carbocycles. The number of aryl methyl sites for hydroxylation is 1. The zero-order valence-corrected chi connectivity index (χ0v) is 11.8. The predicted molar refractivity (Wildman–Crippen MR) is 77.9 cm³/mol. The fourth-order valence-corrected chi connectivity index (χ4v) is 1.93. The molecule has 2 rings (SSSR count). The molecule has 0 spiro atoms. The van der Waals surface area contributed by atoms with Gasteiger partial charge in [0, 0.05) is 18.3 Å². The molecular formula is C14H13ClFN3O. The number of hydrogen-bond acceptors (Lipinski definition) is 3. The van der Waals surface area contributed by atoms with Crippen molar-refractivity contribution in [2.24, 2.45) is 0 Å². The maximum absolute atomic E-state index is 13.0. The number of nitrogens with one attached hydrogen (secondary N) is 2. The van der Waals surface area contributed by atoms with Gasteiger partial charge in [0.15, 0.2) is 0 Å².